The number of anilines is 1. The van der Waals surface area contributed by atoms with E-state index >= 15 is 0 Å². The second-order valence-electron chi connectivity index (χ2n) is 6.71. The molecule has 1 aromatic heterocycles. The molecule has 1 fully saturated rings. The first-order valence-corrected chi connectivity index (χ1v) is 9.07. The van der Waals surface area contributed by atoms with Crippen LogP contribution < -0.4 is 10.2 Å². The maximum atomic E-state index is 10.1. The second kappa shape index (κ2) is 8.32. The lowest BCUT2D eigenvalue weighted by atomic mass is 10.0. The van der Waals surface area contributed by atoms with Crippen LogP contribution in [0, 0.1) is 0 Å². The highest BCUT2D eigenvalue weighted by Crippen LogP contribution is 2.26. The molecule has 3 rings (SSSR count). The molecule has 25 heavy (non-hydrogen) atoms. The number of piperazine rings is 1. The van der Waals surface area contributed by atoms with Gasteiger partial charge >= 0.3 is 0 Å². The Morgan fingerprint density at radius 1 is 1.16 bits per heavy atom. The van der Waals surface area contributed by atoms with E-state index in [1.54, 1.807) is 6.07 Å². The van der Waals surface area contributed by atoms with Gasteiger partial charge in [0.15, 0.2) is 0 Å². The Bertz CT molecular complexity index is 683. The largest absolute Gasteiger partial charge is 0.508 e. The number of pyridine rings is 1. The van der Waals surface area contributed by atoms with Crippen LogP contribution in [0.4, 0.5) is 5.82 Å². The van der Waals surface area contributed by atoms with E-state index < -0.39 is 0 Å². The molecule has 0 spiro atoms. The minimum atomic E-state index is 0.140. The lowest BCUT2D eigenvalue weighted by Crippen LogP contribution is -2.44. The third kappa shape index (κ3) is 4.50. The normalized spacial score (nSPS) is 16.8. The summed E-state index contributed by atoms with van der Waals surface area (Å²) in [5, 5.41) is 13.6. The number of phenolic OH excluding ortho intramolecular Hbond substituents is 1. The molecule has 1 aromatic carbocycles. The first-order chi connectivity index (χ1) is 12.2. The number of rotatable bonds is 6. The number of hydrogen-bond donors (Lipinski definition) is 2. The van der Waals surface area contributed by atoms with E-state index in [9.17, 15) is 5.11 Å². The summed E-state index contributed by atoms with van der Waals surface area (Å²) in [4.78, 5) is 9.25. The van der Waals surface area contributed by atoms with Gasteiger partial charge in [-0.25, -0.2) is 4.98 Å². The van der Waals surface area contributed by atoms with Crippen molar-refractivity contribution in [2.24, 2.45) is 0 Å². The summed E-state index contributed by atoms with van der Waals surface area (Å²) in [6.07, 6.45) is 2.82. The molecule has 2 N–H and O–H groups in total. The Kier molecular flexibility index (Phi) is 5.89. The van der Waals surface area contributed by atoms with Gasteiger partial charge in [0.25, 0.3) is 0 Å². The Hall–Kier alpha value is -2.11. The Morgan fingerprint density at radius 3 is 2.64 bits per heavy atom. The maximum Gasteiger partial charge on any atom is 0.128 e. The summed E-state index contributed by atoms with van der Waals surface area (Å²) in [7, 11) is 2.16. The fourth-order valence-electron chi connectivity index (χ4n) is 3.28. The van der Waals surface area contributed by atoms with Gasteiger partial charge < -0.3 is 20.2 Å². The standard InChI is InChI=1S/C20H28N4O/c1-3-18(17-6-4-5-7-19(17)25)22-15-16-8-9-21-20(14-16)24-12-10-23(2)11-13-24/h4-9,14,18,22,25H,3,10-13,15H2,1-2H3/t18-/m0/s1. The quantitative estimate of drug-likeness (QED) is 0.847. The number of aromatic hydroxyl groups is 1. The highest BCUT2D eigenvalue weighted by molar-refractivity contribution is 5.41. The van der Waals surface area contributed by atoms with Gasteiger partial charge in [0.1, 0.15) is 11.6 Å². The third-order valence-electron chi connectivity index (χ3n) is 4.91. The van der Waals surface area contributed by atoms with Crippen molar-refractivity contribution in [2.75, 3.05) is 38.1 Å². The lowest BCUT2D eigenvalue weighted by Gasteiger charge is -2.33. The minimum absolute atomic E-state index is 0.140. The second-order valence-corrected chi connectivity index (χ2v) is 6.71. The fourth-order valence-corrected chi connectivity index (χ4v) is 3.28. The van der Waals surface area contributed by atoms with Crippen LogP contribution in [0.2, 0.25) is 0 Å². The Labute approximate surface area is 150 Å². The topological polar surface area (TPSA) is 51.6 Å². The third-order valence-corrected chi connectivity index (χ3v) is 4.91. The summed E-state index contributed by atoms with van der Waals surface area (Å²) in [6.45, 7) is 7.10. The monoisotopic (exact) mass is 340 g/mol. The van der Waals surface area contributed by atoms with Crippen LogP contribution in [-0.4, -0.2) is 48.2 Å². The molecule has 5 nitrogen and oxygen atoms in total. The van der Waals surface area contributed by atoms with Gasteiger partial charge in [0.05, 0.1) is 0 Å². The number of aromatic nitrogens is 1. The van der Waals surface area contributed by atoms with E-state index in [1.165, 1.54) is 5.56 Å². The summed E-state index contributed by atoms with van der Waals surface area (Å²) in [5.74, 6) is 1.41. The van der Waals surface area contributed by atoms with Crippen molar-refractivity contribution in [3.05, 3.63) is 53.7 Å². The van der Waals surface area contributed by atoms with E-state index in [1.807, 2.05) is 24.4 Å². The molecule has 0 aliphatic carbocycles. The van der Waals surface area contributed by atoms with Crippen LogP contribution in [0.1, 0.15) is 30.5 Å². The van der Waals surface area contributed by atoms with E-state index in [2.05, 4.69) is 46.2 Å². The molecule has 134 valence electrons. The smallest absolute Gasteiger partial charge is 0.128 e. The SMILES string of the molecule is CC[C@H](NCc1ccnc(N2CCN(C)CC2)c1)c1ccccc1O. The van der Waals surface area contributed by atoms with Crippen molar-refractivity contribution in [3.8, 4) is 5.75 Å². The average molecular weight is 340 g/mol. The summed E-state index contributed by atoms with van der Waals surface area (Å²) >= 11 is 0. The lowest BCUT2D eigenvalue weighted by molar-refractivity contribution is 0.312. The van der Waals surface area contributed by atoms with Crippen molar-refractivity contribution < 1.29 is 5.11 Å². The number of nitrogens with one attached hydrogen (secondary N) is 1. The molecule has 1 saturated heterocycles. The molecule has 2 aromatic rings. The Balaban J connectivity index is 1.65. The number of hydrogen-bond acceptors (Lipinski definition) is 5. The minimum Gasteiger partial charge on any atom is -0.508 e. The maximum absolute atomic E-state index is 10.1. The van der Waals surface area contributed by atoms with Crippen molar-refractivity contribution >= 4 is 5.82 Å². The van der Waals surface area contributed by atoms with Crippen LogP contribution in [0.15, 0.2) is 42.6 Å². The zero-order chi connectivity index (χ0) is 17.6. The summed E-state index contributed by atoms with van der Waals surface area (Å²) in [5.41, 5.74) is 2.18. The molecule has 1 atom stereocenters. The predicted octanol–water partition coefficient (Wildman–Crippen LogP) is 2.78. The van der Waals surface area contributed by atoms with Gasteiger partial charge in [-0.2, -0.15) is 0 Å². The highest BCUT2D eigenvalue weighted by atomic mass is 16.3. The van der Waals surface area contributed by atoms with Crippen molar-refractivity contribution in [1.29, 1.82) is 0 Å². The molecule has 0 unspecified atom stereocenters. The molecule has 0 amide bonds. The molecule has 5 heteroatoms. The first kappa shape index (κ1) is 17.7. The molecule has 0 radical (unpaired) electrons. The highest BCUT2D eigenvalue weighted by Gasteiger charge is 2.16. The predicted molar refractivity (Wildman–Crippen MR) is 102 cm³/mol. The number of nitrogens with zero attached hydrogens (tertiary/aromatic N) is 3. The van der Waals surface area contributed by atoms with Gasteiger partial charge in [-0.1, -0.05) is 25.1 Å². The first-order valence-electron chi connectivity index (χ1n) is 9.07. The number of benzene rings is 1. The van der Waals surface area contributed by atoms with Gasteiger partial charge in [0, 0.05) is 50.5 Å². The van der Waals surface area contributed by atoms with Crippen LogP contribution >= 0.6 is 0 Å². The summed E-state index contributed by atoms with van der Waals surface area (Å²) < 4.78 is 0. The van der Waals surface area contributed by atoms with Crippen molar-refractivity contribution in [3.63, 3.8) is 0 Å². The molecule has 0 saturated carbocycles. The summed E-state index contributed by atoms with van der Waals surface area (Å²) in [6, 6.07) is 11.9. The van der Waals surface area contributed by atoms with E-state index in [-0.39, 0.29) is 6.04 Å². The van der Waals surface area contributed by atoms with Crippen LogP contribution in [0.5, 0.6) is 5.75 Å². The number of para-hydroxylation sites is 1. The number of likely N-dealkylation sites (N-methyl/N-ethyl adjacent to an activating group) is 1. The van der Waals surface area contributed by atoms with Crippen molar-refractivity contribution in [2.45, 2.75) is 25.9 Å². The molecular formula is C20H28N4O. The molecule has 1 aliphatic rings. The molecular weight excluding hydrogens is 312 g/mol. The number of phenols is 1. The van der Waals surface area contributed by atoms with Gasteiger partial charge in [0.2, 0.25) is 0 Å². The fraction of sp³-hybridized carbons (Fsp3) is 0.450. The van der Waals surface area contributed by atoms with E-state index in [0.29, 0.717) is 5.75 Å². The van der Waals surface area contributed by atoms with Crippen LogP contribution in [-0.2, 0) is 6.54 Å². The zero-order valence-electron chi connectivity index (χ0n) is 15.2. The van der Waals surface area contributed by atoms with E-state index in [0.717, 1.165) is 50.5 Å². The van der Waals surface area contributed by atoms with Gasteiger partial charge in [-0.3, -0.25) is 0 Å². The van der Waals surface area contributed by atoms with Crippen LogP contribution in [0.25, 0.3) is 0 Å². The van der Waals surface area contributed by atoms with Crippen LogP contribution in [0.3, 0.4) is 0 Å². The average Bonchev–Trinajstić information content (AvgIpc) is 2.64. The molecule has 2 heterocycles. The van der Waals surface area contributed by atoms with Crippen molar-refractivity contribution in [1.82, 2.24) is 15.2 Å². The Morgan fingerprint density at radius 2 is 1.92 bits per heavy atom. The van der Waals surface area contributed by atoms with Gasteiger partial charge in [-0.15, -0.1) is 0 Å². The molecule has 1 aliphatic heterocycles. The van der Waals surface area contributed by atoms with E-state index in [4.69, 9.17) is 0 Å². The zero-order valence-corrected chi connectivity index (χ0v) is 15.2. The van der Waals surface area contributed by atoms with Gasteiger partial charge in [-0.05, 0) is 37.2 Å². The molecule has 0 bridgehead atoms.